The highest BCUT2D eigenvalue weighted by molar-refractivity contribution is 9.10. The van der Waals surface area contributed by atoms with Gasteiger partial charge in [-0.15, -0.1) is 0 Å². The molecule has 0 saturated carbocycles. The first-order chi connectivity index (χ1) is 10.1. The third-order valence-corrected chi connectivity index (χ3v) is 4.83. The van der Waals surface area contributed by atoms with Gasteiger partial charge in [0.1, 0.15) is 11.6 Å². The Morgan fingerprint density at radius 1 is 0.857 bits per heavy atom. The fourth-order valence-corrected chi connectivity index (χ4v) is 3.55. The van der Waals surface area contributed by atoms with Crippen molar-refractivity contribution in [3.05, 3.63) is 81.8 Å². The molecule has 0 fully saturated rings. The normalized spacial score (nSPS) is 12.6. The number of fused-ring (bicyclic) bond motifs is 1. The monoisotopic (exact) mass is 410 g/mol. The van der Waals surface area contributed by atoms with Crippen LogP contribution in [0.1, 0.15) is 16.0 Å². The third-order valence-electron chi connectivity index (χ3n) is 3.36. The van der Waals surface area contributed by atoms with Crippen LogP contribution in [0, 0.1) is 11.6 Å². The summed E-state index contributed by atoms with van der Waals surface area (Å²) in [6.45, 7) is 0. The van der Waals surface area contributed by atoms with Gasteiger partial charge in [0.2, 0.25) is 0 Å². The summed E-state index contributed by atoms with van der Waals surface area (Å²) < 4.78 is 28.1. The second-order valence-corrected chi connectivity index (χ2v) is 6.58. The molecule has 0 aromatic heterocycles. The molecule has 106 valence electrons. The molecule has 0 aliphatic rings. The van der Waals surface area contributed by atoms with Crippen molar-refractivity contribution in [3.63, 3.8) is 0 Å². The molecule has 0 radical (unpaired) electrons. The van der Waals surface area contributed by atoms with Crippen molar-refractivity contribution in [2.75, 3.05) is 0 Å². The molecule has 0 spiro atoms. The molecule has 4 heteroatoms. The fourth-order valence-electron chi connectivity index (χ4n) is 2.41. The van der Waals surface area contributed by atoms with Gasteiger partial charge in [0, 0.05) is 9.86 Å². The summed E-state index contributed by atoms with van der Waals surface area (Å²) >= 11 is 6.89. The minimum atomic E-state index is -0.310. The molecule has 1 unspecified atom stereocenters. The average Bonchev–Trinajstić information content (AvgIpc) is 2.46. The number of hydrogen-bond donors (Lipinski definition) is 0. The number of rotatable bonds is 2. The van der Waals surface area contributed by atoms with Gasteiger partial charge in [0.15, 0.2) is 0 Å². The van der Waals surface area contributed by atoms with Crippen LogP contribution in [0.3, 0.4) is 0 Å². The van der Waals surface area contributed by atoms with Crippen LogP contribution in [0.4, 0.5) is 8.78 Å². The van der Waals surface area contributed by atoms with E-state index in [0.717, 1.165) is 16.5 Å². The van der Waals surface area contributed by atoms with E-state index in [9.17, 15) is 8.78 Å². The van der Waals surface area contributed by atoms with E-state index in [2.05, 4.69) is 31.9 Å². The van der Waals surface area contributed by atoms with Crippen molar-refractivity contribution in [1.29, 1.82) is 0 Å². The molecule has 21 heavy (non-hydrogen) atoms. The summed E-state index contributed by atoms with van der Waals surface area (Å²) in [6, 6.07) is 15.2. The Kier molecular flexibility index (Phi) is 4.09. The zero-order valence-electron chi connectivity index (χ0n) is 10.8. The molecule has 0 aliphatic heterocycles. The van der Waals surface area contributed by atoms with E-state index in [-0.39, 0.29) is 16.5 Å². The van der Waals surface area contributed by atoms with E-state index in [1.807, 2.05) is 18.2 Å². The van der Waals surface area contributed by atoms with Gasteiger partial charge in [-0.05, 0) is 40.8 Å². The molecule has 0 saturated heterocycles. The quantitative estimate of drug-likeness (QED) is 0.430. The number of alkyl halides is 1. The minimum absolute atomic E-state index is 0.213. The molecule has 1 atom stereocenters. The van der Waals surface area contributed by atoms with Crippen molar-refractivity contribution >= 4 is 42.6 Å². The lowest BCUT2D eigenvalue weighted by Gasteiger charge is -2.15. The summed E-state index contributed by atoms with van der Waals surface area (Å²) in [5.41, 5.74) is 1.68. The van der Waals surface area contributed by atoms with Crippen LogP contribution in [-0.2, 0) is 0 Å². The molecule has 3 aromatic carbocycles. The smallest absolute Gasteiger partial charge is 0.131 e. The zero-order valence-corrected chi connectivity index (χ0v) is 14.0. The molecule has 0 bridgehead atoms. The summed E-state index contributed by atoms with van der Waals surface area (Å²) in [5, 5.41) is 1.38. The lowest BCUT2D eigenvalue weighted by Crippen LogP contribution is -1.96. The Morgan fingerprint density at radius 3 is 2.29 bits per heavy atom. The highest BCUT2D eigenvalue weighted by Gasteiger charge is 2.16. The number of hydrogen-bond acceptors (Lipinski definition) is 0. The van der Waals surface area contributed by atoms with Gasteiger partial charge in [0.05, 0.1) is 4.83 Å². The third kappa shape index (κ3) is 2.87. The van der Waals surface area contributed by atoms with E-state index in [4.69, 9.17) is 0 Å². The highest BCUT2D eigenvalue weighted by Crippen LogP contribution is 2.37. The molecule has 0 heterocycles. The molecular formula is C17H10Br2F2. The molecule has 0 nitrogen and oxygen atoms in total. The molecule has 0 N–H and O–H groups in total. The van der Waals surface area contributed by atoms with Gasteiger partial charge in [0.25, 0.3) is 0 Å². The van der Waals surface area contributed by atoms with Gasteiger partial charge in [-0.2, -0.15) is 0 Å². The summed E-state index contributed by atoms with van der Waals surface area (Å²) in [6.07, 6.45) is 0. The van der Waals surface area contributed by atoms with Gasteiger partial charge in [-0.1, -0.05) is 62.2 Å². The Labute approximate surface area is 138 Å². The maximum Gasteiger partial charge on any atom is 0.131 e. The Morgan fingerprint density at radius 2 is 1.57 bits per heavy atom. The van der Waals surface area contributed by atoms with E-state index in [1.54, 1.807) is 18.2 Å². The van der Waals surface area contributed by atoms with Crippen molar-refractivity contribution in [2.45, 2.75) is 4.83 Å². The molecule has 3 aromatic rings. The molecule has 0 aliphatic carbocycles. The maximum absolute atomic E-state index is 13.9. The van der Waals surface area contributed by atoms with Gasteiger partial charge >= 0.3 is 0 Å². The van der Waals surface area contributed by atoms with Gasteiger partial charge in [-0.3, -0.25) is 0 Å². The van der Waals surface area contributed by atoms with Crippen molar-refractivity contribution in [2.24, 2.45) is 0 Å². The van der Waals surface area contributed by atoms with E-state index in [0.29, 0.717) is 9.86 Å². The van der Waals surface area contributed by atoms with E-state index < -0.39 is 0 Å². The van der Waals surface area contributed by atoms with Crippen LogP contribution in [0.5, 0.6) is 0 Å². The molecular weight excluding hydrogens is 402 g/mol. The zero-order chi connectivity index (χ0) is 15.0. The van der Waals surface area contributed by atoms with Crippen LogP contribution in [-0.4, -0.2) is 0 Å². The first-order valence-corrected chi connectivity index (χ1v) is 8.04. The topological polar surface area (TPSA) is 0 Å². The Balaban J connectivity index is 2.18. The predicted molar refractivity (Wildman–Crippen MR) is 88.8 cm³/mol. The largest absolute Gasteiger partial charge is 0.207 e. The Bertz CT molecular complexity index is 795. The summed E-state index contributed by atoms with van der Waals surface area (Å²) in [5.74, 6) is -0.565. The van der Waals surface area contributed by atoms with Crippen molar-refractivity contribution in [3.8, 4) is 0 Å². The first kappa shape index (κ1) is 14.7. The Hall–Kier alpha value is -1.26. The van der Waals surface area contributed by atoms with Crippen molar-refractivity contribution in [1.82, 2.24) is 0 Å². The van der Waals surface area contributed by atoms with Crippen LogP contribution in [0.15, 0.2) is 59.1 Å². The maximum atomic E-state index is 13.9. The van der Waals surface area contributed by atoms with E-state index in [1.165, 1.54) is 18.2 Å². The second-order valence-electron chi connectivity index (χ2n) is 4.75. The SMILES string of the molecule is Fc1cc(Br)cc(C(Br)c2ccc(F)c3ccccc23)c1. The van der Waals surface area contributed by atoms with E-state index >= 15 is 0 Å². The minimum Gasteiger partial charge on any atom is -0.207 e. The lowest BCUT2D eigenvalue weighted by atomic mass is 9.98. The summed E-state index contributed by atoms with van der Waals surface area (Å²) in [7, 11) is 0. The van der Waals surface area contributed by atoms with Crippen LogP contribution < -0.4 is 0 Å². The average molecular weight is 412 g/mol. The van der Waals surface area contributed by atoms with Crippen LogP contribution in [0.25, 0.3) is 10.8 Å². The number of halogens is 4. The van der Waals surface area contributed by atoms with Gasteiger partial charge in [-0.25, -0.2) is 8.78 Å². The second kappa shape index (κ2) is 5.85. The standard InChI is InChI=1S/C17H10Br2F2/c18-11-7-10(8-12(20)9-11)17(19)15-5-6-16(21)14-4-2-1-3-13(14)15/h1-9,17H. The van der Waals surface area contributed by atoms with Crippen LogP contribution in [0.2, 0.25) is 0 Å². The molecule has 3 rings (SSSR count). The first-order valence-electron chi connectivity index (χ1n) is 6.33. The molecule has 0 amide bonds. The predicted octanol–water partition coefficient (Wildman–Crippen LogP) is 6.36. The highest BCUT2D eigenvalue weighted by atomic mass is 79.9. The lowest BCUT2D eigenvalue weighted by molar-refractivity contribution is 0.625. The summed E-state index contributed by atoms with van der Waals surface area (Å²) in [4.78, 5) is -0.213. The number of benzene rings is 3. The van der Waals surface area contributed by atoms with Crippen molar-refractivity contribution < 1.29 is 8.78 Å². The van der Waals surface area contributed by atoms with Crippen LogP contribution >= 0.6 is 31.9 Å². The van der Waals surface area contributed by atoms with Gasteiger partial charge < -0.3 is 0 Å². The fraction of sp³-hybridized carbons (Fsp3) is 0.0588.